The van der Waals surface area contributed by atoms with Crippen LogP contribution in [0.5, 0.6) is 0 Å². The first-order valence-corrected chi connectivity index (χ1v) is 7.78. The molecule has 0 aliphatic heterocycles. The second kappa shape index (κ2) is 5.68. The van der Waals surface area contributed by atoms with E-state index < -0.39 is 0 Å². The van der Waals surface area contributed by atoms with Crippen LogP contribution < -0.4 is 5.32 Å². The number of hydrogen-bond acceptors (Lipinski definition) is 4. The lowest BCUT2D eigenvalue weighted by molar-refractivity contribution is 0.0868. The van der Waals surface area contributed by atoms with Gasteiger partial charge in [-0.2, -0.15) is 5.10 Å². The van der Waals surface area contributed by atoms with Crippen molar-refractivity contribution < 1.29 is 9.90 Å². The minimum absolute atomic E-state index is 0.119. The van der Waals surface area contributed by atoms with E-state index >= 15 is 0 Å². The van der Waals surface area contributed by atoms with E-state index in [2.05, 4.69) is 15.4 Å². The Kier molecular flexibility index (Phi) is 3.87. The van der Waals surface area contributed by atoms with E-state index in [9.17, 15) is 9.90 Å². The molecule has 2 N–H and O–H groups in total. The number of aliphatic hydroxyl groups excluding tert-OH is 1. The number of hydrogen-bond donors (Lipinski definition) is 2. The first kappa shape index (κ1) is 15.0. The molecule has 6 heteroatoms. The molecule has 2 aromatic rings. The molecule has 0 saturated heterocycles. The van der Waals surface area contributed by atoms with Crippen molar-refractivity contribution in [1.29, 1.82) is 0 Å². The van der Waals surface area contributed by atoms with Gasteiger partial charge in [0.25, 0.3) is 5.91 Å². The number of carbonyl (C=O) groups excluding carboxylic acids is 1. The summed E-state index contributed by atoms with van der Waals surface area (Å²) in [6, 6.07) is 2.07. The van der Waals surface area contributed by atoms with Crippen LogP contribution in [0.3, 0.4) is 0 Å². The summed E-state index contributed by atoms with van der Waals surface area (Å²) in [6.07, 6.45) is 2.90. The molecule has 3 rings (SSSR count). The normalized spacial score (nSPS) is 22.0. The summed E-state index contributed by atoms with van der Waals surface area (Å²) in [6.45, 7) is 5.71. The minimum atomic E-state index is -0.223. The van der Waals surface area contributed by atoms with Gasteiger partial charge in [-0.1, -0.05) is 0 Å². The number of aryl methyl sites for hydroxylation is 3. The molecule has 1 amide bonds. The minimum Gasteiger partial charge on any atom is -0.393 e. The second-order valence-electron chi connectivity index (χ2n) is 6.21. The first-order chi connectivity index (χ1) is 10.5. The van der Waals surface area contributed by atoms with E-state index in [4.69, 9.17) is 0 Å². The van der Waals surface area contributed by atoms with E-state index in [1.807, 2.05) is 26.8 Å². The zero-order chi connectivity index (χ0) is 15.9. The lowest BCUT2D eigenvalue weighted by Crippen LogP contribution is -2.38. The van der Waals surface area contributed by atoms with Crippen LogP contribution in [0.1, 0.15) is 53.1 Å². The van der Waals surface area contributed by atoms with Crippen molar-refractivity contribution in [2.75, 3.05) is 0 Å². The number of aliphatic hydroxyl groups is 1. The molecule has 118 valence electrons. The Morgan fingerprint density at radius 1 is 1.27 bits per heavy atom. The average Bonchev–Trinajstić information content (AvgIpc) is 2.78. The van der Waals surface area contributed by atoms with E-state index in [-0.39, 0.29) is 18.1 Å². The van der Waals surface area contributed by atoms with Crippen molar-refractivity contribution in [1.82, 2.24) is 19.9 Å². The molecular weight excluding hydrogens is 280 g/mol. The molecule has 0 radical (unpaired) electrons. The monoisotopic (exact) mass is 302 g/mol. The van der Waals surface area contributed by atoms with Gasteiger partial charge in [-0.15, -0.1) is 0 Å². The molecule has 0 aromatic carbocycles. The molecule has 22 heavy (non-hydrogen) atoms. The van der Waals surface area contributed by atoms with Gasteiger partial charge < -0.3 is 10.4 Å². The average molecular weight is 302 g/mol. The standard InChI is InChI=1S/C16H22N4O2/c1-9-8-10(2)20-15(17-9)14(11(3)19-20)16(22)18-12-4-6-13(21)7-5-12/h8,12-13,21H,4-7H2,1-3H3,(H,18,22). The van der Waals surface area contributed by atoms with Crippen molar-refractivity contribution in [2.24, 2.45) is 0 Å². The van der Waals surface area contributed by atoms with E-state index in [0.717, 1.165) is 37.1 Å². The van der Waals surface area contributed by atoms with Gasteiger partial charge in [0.15, 0.2) is 5.65 Å². The van der Waals surface area contributed by atoms with Gasteiger partial charge >= 0.3 is 0 Å². The van der Waals surface area contributed by atoms with Crippen molar-refractivity contribution in [3.63, 3.8) is 0 Å². The number of amides is 1. The highest BCUT2D eigenvalue weighted by Gasteiger charge is 2.25. The molecule has 0 spiro atoms. The molecular formula is C16H22N4O2. The van der Waals surface area contributed by atoms with Gasteiger partial charge in [0.1, 0.15) is 5.56 Å². The third-order valence-corrected chi connectivity index (χ3v) is 4.33. The lowest BCUT2D eigenvalue weighted by Gasteiger charge is -2.26. The molecule has 6 nitrogen and oxygen atoms in total. The van der Waals surface area contributed by atoms with Crippen LogP contribution in [0, 0.1) is 20.8 Å². The molecule has 1 aliphatic carbocycles. The van der Waals surface area contributed by atoms with Crippen LogP contribution in [0.15, 0.2) is 6.07 Å². The summed E-state index contributed by atoms with van der Waals surface area (Å²) < 4.78 is 1.72. The van der Waals surface area contributed by atoms with Gasteiger partial charge in [0.2, 0.25) is 0 Å². The highest BCUT2D eigenvalue weighted by molar-refractivity contribution is 6.01. The molecule has 0 bridgehead atoms. The maximum atomic E-state index is 12.6. The smallest absolute Gasteiger partial charge is 0.257 e. The van der Waals surface area contributed by atoms with Gasteiger partial charge in [-0.3, -0.25) is 4.79 Å². The predicted molar refractivity (Wildman–Crippen MR) is 82.9 cm³/mol. The zero-order valence-corrected chi connectivity index (χ0v) is 13.3. The third kappa shape index (κ3) is 2.70. The Hall–Kier alpha value is -1.95. The molecule has 0 unspecified atom stereocenters. The fraction of sp³-hybridized carbons (Fsp3) is 0.562. The van der Waals surface area contributed by atoms with Crippen LogP contribution in [-0.2, 0) is 0 Å². The molecule has 2 aromatic heterocycles. The van der Waals surface area contributed by atoms with Gasteiger partial charge in [0, 0.05) is 17.4 Å². The number of carbonyl (C=O) groups is 1. The molecule has 1 aliphatic rings. The summed E-state index contributed by atoms with van der Waals surface area (Å²) in [4.78, 5) is 17.1. The number of nitrogens with one attached hydrogen (secondary N) is 1. The largest absolute Gasteiger partial charge is 0.393 e. The van der Waals surface area contributed by atoms with Crippen LogP contribution in [0.25, 0.3) is 5.65 Å². The van der Waals surface area contributed by atoms with Crippen LogP contribution in [0.2, 0.25) is 0 Å². The van der Waals surface area contributed by atoms with Crippen LogP contribution in [-0.4, -0.2) is 37.8 Å². The quantitative estimate of drug-likeness (QED) is 0.884. The number of nitrogens with zero attached hydrogens (tertiary/aromatic N) is 3. The predicted octanol–water partition coefficient (Wildman–Crippen LogP) is 1.69. The van der Waals surface area contributed by atoms with Crippen molar-refractivity contribution in [3.8, 4) is 0 Å². The van der Waals surface area contributed by atoms with Gasteiger partial charge in [0.05, 0.1) is 11.8 Å². The van der Waals surface area contributed by atoms with E-state index in [1.165, 1.54) is 0 Å². The summed E-state index contributed by atoms with van der Waals surface area (Å²) in [5, 5.41) is 17.1. The number of rotatable bonds is 2. The fourth-order valence-electron chi connectivity index (χ4n) is 3.17. The Morgan fingerprint density at radius 2 is 1.95 bits per heavy atom. The number of aromatic nitrogens is 3. The topological polar surface area (TPSA) is 79.5 Å². The summed E-state index contributed by atoms with van der Waals surface area (Å²) in [5.74, 6) is -0.119. The Balaban J connectivity index is 1.89. The Morgan fingerprint density at radius 3 is 2.64 bits per heavy atom. The van der Waals surface area contributed by atoms with Crippen molar-refractivity contribution in [3.05, 3.63) is 28.7 Å². The lowest BCUT2D eigenvalue weighted by atomic mass is 9.93. The van der Waals surface area contributed by atoms with Crippen molar-refractivity contribution in [2.45, 2.75) is 58.6 Å². The highest BCUT2D eigenvalue weighted by Crippen LogP contribution is 2.20. The maximum absolute atomic E-state index is 12.6. The Labute approximate surface area is 129 Å². The van der Waals surface area contributed by atoms with E-state index in [0.29, 0.717) is 16.9 Å². The fourth-order valence-corrected chi connectivity index (χ4v) is 3.17. The Bertz CT molecular complexity index is 714. The summed E-state index contributed by atoms with van der Waals surface area (Å²) in [5.41, 5.74) is 3.70. The first-order valence-electron chi connectivity index (χ1n) is 7.78. The van der Waals surface area contributed by atoms with Gasteiger partial charge in [-0.05, 0) is 52.5 Å². The molecule has 0 atom stereocenters. The second-order valence-corrected chi connectivity index (χ2v) is 6.21. The molecule has 1 saturated carbocycles. The van der Waals surface area contributed by atoms with Crippen LogP contribution in [0.4, 0.5) is 0 Å². The maximum Gasteiger partial charge on any atom is 0.257 e. The van der Waals surface area contributed by atoms with Crippen LogP contribution >= 0.6 is 0 Å². The highest BCUT2D eigenvalue weighted by atomic mass is 16.3. The SMILES string of the molecule is Cc1cc(C)n2nc(C)c(C(=O)NC3CCC(O)CC3)c2n1. The summed E-state index contributed by atoms with van der Waals surface area (Å²) >= 11 is 0. The number of fused-ring (bicyclic) bond motifs is 1. The van der Waals surface area contributed by atoms with E-state index in [1.54, 1.807) is 4.52 Å². The molecule has 2 heterocycles. The zero-order valence-electron chi connectivity index (χ0n) is 13.3. The van der Waals surface area contributed by atoms with Crippen molar-refractivity contribution >= 4 is 11.6 Å². The third-order valence-electron chi connectivity index (χ3n) is 4.33. The molecule has 1 fully saturated rings. The summed E-state index contributed by atoms with van der Waals surface area (Å²) in [7, 11) is 0. The van der Waals surface area contributed by atoms with Gasteiger partial charge in [-0.25, -0.2) is 9.50 Å².